The second-order valence-electron chi connectivity index (χ2n) is 7.93. The standard InChI is InChI=1S/C21H31N3O2/c1-15-19(16(2)24(23-15)21(3,4)5)14-22-18(11-12-20(25)26)13-17-9-7-6-8-10-17/h6-10,18,22H,11-14H2,1-5H3,(H,25,26). The minimum absolute atomic E-state index is 0.0557. The van der Waals surface area contributed by atoms with Crippen molar-refractivity contribution in [2.45, 2.75) is 72.0 Å². The topological polar surface area (TPSA) is 67.2 Å². The fourth-order valence-electron chi connectivity index (χ4n) is 3.30. The minimum atomic E-state index is -0.752. The Kier molecular flexibility index (Phi) is 6.59. The first-order chi connectivity index (χ1) is 12.2. The second kappa shape index (κ2) is 8.49. The van der Waals surface area contributed by atoms with E-state index in [9.17, 15) is 4.79 Å². The summed E-state index contributed by atoms with van der Waals surface area (Å²) in [6.07, 6.45) is 1.60. The van der Waals surface area contributed by atoms with Crippen LogP contribution < -0.4 is 5.32 Å². The molecule has 2 rings (SSSR count). The van der Waals surface area contributed by atoms with Crippen molar-refractivity contribution >= 4 is 5.97 Å². The normalized spacial score (nSPS) is 13.0. The summed E-state index contributed by atoms with van der Waals surface area (Å²) in [7, 11) is 0. The maximum absolute atomic E-state index is 11.0. The summed E-state index contributed by atoms with van der Waals surface area (Å²) in [6.45, 7) is 11.3. The van der Waals surface area contributed by atoms with E-state index in [1.165, 1.54) is 16.8 Å². The zero-order valence-electron chi connectivity index (χ0n) is 16.5. The van der Waals surface area contributed by atoms with Crippen molar-refractivity contribution in [2.24, 2.45) is 0 Å². The second-order valence-corrected chi connectivity index (χ2v) is 7.93. The van der Waals surface area contributed by atoms with Crippen molar-refractivity contribution in [1.29, 1.82) is 0 Å². The molecule has 142 valence electrons. The minimum Gasteiger partial charge on any atom is -0.481 e. The Morgan fingerprint density at radius 2 is 1.88 bits per heavy atom. The number of hydrogen-bond donors (Lipinski definition) is 2. The molecule has 0 saturated carbocycles. The summed E-state index contributed by atoms with van der Waals surface area (Å²) in [5.74, 6) is -0.752. The van der Waals surface area contributed by atoms with Crippen LogP contribution >= 0.6 is 0 Å². The molecule has 1 aromatic carbocycles. The summed E-state index contributed by atoms with van der Waals surface area (Å²) in [4.78, 5) is 11.0. The van der Waals surface area contributed by atoms with Crippen LogP contribution in [-0.4, -0.2) is 26.9 Å². The van der Waals surface area contributed by atoms with E-state index in [0.717, 1.165) is 12.1 Å². The molecule has 0 bridgehead atoms. The van der Waals surface area contributed by atoms with Crippen LogP contribution in [0.4, 0.5) is 0 Å². The van der Waals surface area contributed by atoms with Gasteiger partial charge < -0.3 is 10.4 Å². The fourth-order valence-corrected chi connectivity index (χ4v) is 3.30. The molecule has 0 saturated heterocycles. The number of hydrogen-bond acceptors (Lipinski definition) is 3. The average molecular weight is 357 g/mol. The number of carboxylic acids is 1. The lowest BCUT2D eigenvalue weighted by molar-refractivity contribution is -0.137. The van der Waals surface area contributed by atoms with Gasteiger partial charge in [0.15, 0.2) is 0 Å². The average Bonchev–Trinajstić information content (AvgIpc) is 2.85. The van der Waals surface area contributed by atoms with E-state index in [4.69, 9.17) is 10.2 Å². The van der Waals surface area contributed by atoms with E-state index < -0.39 is 5.97 Å². The number of carbonyl (C=O) groups is 1. The lowest BCUT2D eigenvalue weighted by Gasteiger charge is -2.22. The van der Waals surface area contributed by atoms with Crippen molar-refractivity contribution in [3.05, 3.63) is 52.8 Å². The highest BCUT2D eigenvalue weighted by Crippen LogP contribution is 2.21. The van der Waals surface area contributed by atoms with E-state index in [-0.39, 0.29) is 18.0 Å². The Morgan fingerprint density at radius 3 is 2.42 bits per heavy atom. The van der Waals surface area contributed by atoms with Gasteiger partial charge >= 0.3 is 5.97 Å². The lowest BCUT2D eigenvalue weighted by atomic mass is 10.0. The van der Waals surface area contributed by atoms with Gasteiger partial charge in [0, 0.05) is 30.3 Å². The number of rotatable bonds is 8. The molecule has 0 radical (unpaired) electrons. The fraction of sp³-hybridized carbons (Fsp3) is 0.524. The third kappa shape index (κ3) is 5.43. The lowest BCUT2D eigenvalue weighted by Crippen LogP contribution is -2.32. The Morgan fingerprint density at radius 1 is 1.23 bits per heavy atom. The van der Waals surface area contributed by atoms with E-state index in [2.05, 4.69) is 49.8 Å². The molecule has 0 fully saturated rings. The summed E-state index contributed by atoms with van der Waals surface area (Å²) >= 11 is 0. The van der Waals surface area contributed by atoms with Crippen molar-refractivity contribution in [2.75, 3.05) is 0 Å². The first kappa shape index (κ1) is 20.2. The molecule has 1 unspecified atom stereocenters. The molecule has 1 heterocycles. The monoisotopic (exact) mass is 357 g/mol. The molecule has 1 atom stereocenters. The third-order valence-corrected chi connectivity index (χ3v) is 4.68. The Bertz CT molecular complexity index is 730. The van der Waals surface area contributed by atoms with Crippen LogP contribution in [0.15, 0.2) is 30.3 Å². The van der Waals surface area contributed by atoms with Crippen LogP contribution in [0, 0.1) is 13.8 Å². The molecule has 26 heavy (non-hydrogen) atoms. The van der Waals surface area contributed by atoms with Gasteiger partial charge in [-0.25, -0.2) is 0 Å². The maximum atomic E-state index is 11.0. The predicted molar refractivity (Wildman–Crippen MR) is 104 cm³/mol. The molecule has 2 N–H and O–H groups in total. The van der Waals surface area contributed by atoms with Crippen LogP contribution in [-0.2, 0) is 23.3 Å². The number of aromatic nitrogens is 2. The Balaban J connectivity index is 2.11. The van der Waals surface area contributed by atoms with Crippen LogP contribution in [0.5, 0.6) is 0 Å². The largest absolute Gasteiger partial charge is 0.481 e. The van der Waals surface area contributed by atoms with Gasteiger partial charge in [-0.05, 0) is 53.0 Å². The van der Waals surface area contributed by atoms with Gasteiger partial charge in [-0.1, -0.05) is 30.3 Å². The number of benzene rings is 1. The number of nitrogens with zero attached hydrogens (tertiary/aromatic N) is 2. The summed E-state index contributed by atoms with van der Waals surface area (Å²) in [6, 6.07) is 10.3. The summed E-state index contributed by atoms with van der Waals surface area (Å²) < 4.78 is 2.07. The first-order valence-electron chi connectivity index (χ1n) is 9.23. The molecule has 0 spiro atoms. The smallest absolute Gasteiger partial charge is 0.303 e. The van der Waals surface area contributed by atoms with E-state index in [1.54, 1.807) is 0 Å². The van der Waals surface area contributed by atoms with Crippen molar-refractivity contribution in [1.82, 2.24) is 15.1 Å². The molecule has 0 aliphatic rings. The molecule has 0 aliphatic carbocycles. The highest BCUT2D eigenvalue weighted by molar-refractivity contribution is 5.66. The summed E-state index contributed by atoms with van der Waals surface area (Å²) in [5, 5.41) is 17.3. The molecular formula is C21H31N3O2. The number of nitrogens with one attached hydrogen (secondary N) is 1. The number of aliphatic carboxylic acids is 1. The van der Waals surface area contributed by atoms with Crippen LogP contribution in [0.25, 0.3) is 0 Å². The van der Waals surface area contributed by atoms with E-state index in [1.807, 2.05) is 25.1 Å². The zero-order chi connectivity index (χ0) is 19.3. The Hall–Kier alpha value is -2.14. The highest BCUT2D eigenvalue weighted by Gasteiger charge is 2.21. The van der Waals surface area contributed by atoms with E-state index in [0.29, 0.717) is 13.0 Å². The van der Waals surface area contributed by atoms with Crippen molar-refractivity contribution in [3.63, 3.8) is 0 Å². The number of carboxylic acid groups (broad SMARTS) is 1. The van der Waals surface area contributed by atoms with Gasteiger partial charge in [0.05, 0.1) is 11.2 Å². The van der Waals surface area contributed by atoms with Crippen LogP contribution in [0.1, 0.15) is 56.1 Å². The number of aryl methyl sites for hydroxylation is 1. The van der Waals surface area contributed by atoms with Crippen molar-refractivity contribution < 1.29 is 9.90 Å². The highest BCUT2D eigenvalue weighted by atomic mass is 16.4. The first-order valence-corrected chi connectivity index (χ1v) is 9.23. The maximum Gasteiger partial charge on any atom is 0.303 e. The van der Waals surface area contributed by atoms with Crippen LogP contribution in [0.2, 0.25) is 0 Å². The van der Waals surface area contributed by atoms with Gasteiger partial charge in [0.1, 0.15) is 0 Å². The molecule has 1 aromatic heterocycles. The third-order valence-electron chi connectivity index (χ3n) is 4.68. The van der Waals surface area contributed by atoms with Gasteiger partial charge in [0.2, 0.25) is 0 Å². The molecule has 5 heteroatoms. The molecule has 2 aromatic rings. The van der Waals surface area contributed by atoms with Gasteiger partial charge in [0.25, 0.3) is 0 Å². The quantitative estimate of drug-likeness (QED) is 0.754. The Labute approximate surface area is 156 Å². The molecular weight excluding hydrogens is 326 g/mol. The van der Waals surface area contributed by atoms with Gasteiger partial charge in [-0.2, -0.15) is 5.10 Å². The van der Waals surface area contributed by atoms with Gasteiger partial charge in [-0.3, -0.25) is 9.48 Å². The van der Waals surface area contributed by atoms with Crippen molar-refractivity contribution in [3.8, 4) is 0 Å². The molecule has 0 amide bonds. The molecule has 5 nitrogen and oxygen atoms in total. The predicted octanol–water partition coefficient (Wildman–Crippen LogP) is 3.82. The molecule has 0 aliphatic heterocycles. The summed E-state index contributed by atoms with van der Waals surface area (Å²) in [5.41, 5.74) is 4.56. The zero-order valence-corrected chi connectivity index (χ0v) is 16.5. The van der Waals surface area contributed by atoms with Crippen LogP contribution in [0.3, 0.4) is 0 Å². The van der Waals surface area contributed by atoms with Gasteiger partial charge in [-0.15, -0.1) is 0 Å². The SMILES string of the molecule is Cc1nn(C(C)(C)C)c(C)c1CNC(CCC(=O)O)Cc1ccccc1. The van der Waals surface area contributed by atoms with E-state index >= 15 is 0 Å².